The minimum atomic E-state index is -1.90. The summed E-state index contributed by atoms with van der Waals surface area (Å²) in [5, 5.41) is 9.71. The summed E-state index contributed by atoms with van der Waals surface area (Å²) in [4.78, 5) is 13.5. The van der Waals surface area contributed by atoms with Crippen LogP contribution in [0.1, 0.15) is 71.9 Å². The average molecular weight is 659 g/mol. The molecule has 46 heavy (non-hydrogen) atoms. The second-order valence-corrected chi connectivity index (χ2v) is 18.7. The van der Waals surface area contributed by atoms with E-state index >= 15 is 0 Å². The van der Waals surface area contributed by atoms with Gasteiger partial charge in [-0.05, 0) is 75.0 Å². The lowest BCUT2D eigenvalue weighted by molar-refractivity contribution is -0.166. The lowest BCUT2D eigenvalue weighted by Gasteiger charge is -2.35. The number of ether oxygens (including phenoxy) is 5. The quantitative estimate of drug-likeness (QED) is 0.0477. The number of aliphatic hydroxyl groups excluding tert-OH is 1. The number of methoxy groups -OCH3 is 1. The van der Waals surface area contributed by atoms with Gasteiger partial charge in [-0.3, -0.25) is 4.79 Å². The molecule has 258 valence electrons. The highest BCUT2D eigenvalue weighted by molar-refractivity contribution is 6.74. The van der Waals surface area contributed by atoms with Crippen LogP contribution in [0.25, 0.3) is 0 Å². The van der Waals surface area contributed by atoms with Crippen molar-refractivity contribution in [2.75, 3.05) is 27.1 Å². The van der Waals surface area contributed by atoms with Crippen molar-refractivity contribution in [2.45, 2.75) is 110 Å². The molecule has 0 spiro atoms. The second kappa shape index (κ2) is 19.3. The molecule has 2 aromatic carbocycles. The Kier molecular flexibility index (Phi) is 16.7. The molecule has 2 rings (SSSR count). The molecule has 0 unspecified atom stereocenters. The Hall–Kier alpha value is -2.53. The lowest BCUT2D eigenvalue weighted by Crippen LogP contribution is -2.40. The van der Waals surface area contributed by atoms with Gasteiger partial charge in [-0.2, -0.15) is 0 Å². The van der Waals surface area contributed by atoms with Crippen molar-refractivity contribution in [3.05, 3.63) is 77.9 Å². The Morgan fingerprint density at radius 2 is 1.59 bits per heavy atom. The third-order valence-corrected chi connectivity index (χ3v) is 13.0. The van der Waals surface area contributed by atoms with Crippen LogP contribution in [0, 0.1) is 5.41 Å². The van der Waals surface area contributed by atoms with E-state index in [0.29, 0.717) is 39.1 Å². The molecule has 0 radical (unpaired) electrons. The molecule has 0 saturated carbocycles. The van der Waals surface area contributed by atoms with E-state index in [1.807, 2.05) is 87.5 Å². The molecule has 0 amide bonds. The average Bonchev–Trinajstić information content (AvgIpc) is 3.02. The molecule has 0 heterocycles. The number of benzene rings is 2. The van der Waals surface area contributed by atoms with Crippen molar-refractivity contribution in [1.29, 1.82) is 0 Å². The van der Waals surface area contributed by atoms with Crippen LogP contribution < -0.4 is 4.74 Å². The maximum atomic E-state index is 13.5. The van der Waals surface area contributed by atoms with Gasteiger partial charge < -0.3 is 33.2 Å². The Balaban J connectivity index is 2.09. The Labute approximate surface area is 278 Å². The van der Waals surface area contributed by atoms with Gasteiger partial charge in [0.2, 0.25) is 0 Å². The summed E-state index contributed by atoms with van der Waals surface area (Å²) in [7, 11) is -0.265. The summed E-state index contributed by atoms with van der Waals surface area (Å²) in [5.74, 6) is 0.430. The van der Waals surface area contributed by atoms with E-state index in [4.69, 9.17) is 28.1 Å². The molecule has 0 aliphatic heterocycles. The molecule has 8 nitrogen and oxygen atoms in total. The third kappa shape index (κ3) is 14.1. The summed E-state index contributed by atoms with van der Waals surface area (Å²) >= 11 is 0. The number of hydrogen-bond acceptors (Lipinski definition) is 8. The fraction of sp³-hybridized carbons (Fsp3) is 0.595. The summed E-state index contributed by atoms with van der Waals surface area (Å²) in [5.41, 5.74) is 1.18. The molecule has 2 aromatic rings. The maximum absolute atomic E-state index is 13.5. The monoisotopic (exact) mass is 658 g/mol. The molecule has 0 aromatic heterocycles. The van der Waals surface area contributed by atoms with Gasteiger partial charge in [0.05, 0.1) is 44.6 Å². The molecule has 1 N–H and O–H groups in total. The summed E-state index contributed by atoms with van der Waals surface area (Å²) in [6.07, 6.45) is 3.92. The first-order chi connectivity index (χ1) is 21.7. The van der Waals surface area contributed by atoms with Crippen LogP contribution in [0.3, 0.4) is 0 Å². The van der Waals surface area contributed by atoms with Gasteiger partial charge in [-0.25, -0.2) is 0 Å². The molecule has 9 heteroatoms. The van der Waals surface area contributed by atoms with E-state index in [0.717, 1.165) is 16.9 Å². The van der Waals surface area contributed by atoms with E-state index < -0.39 is 25.9 Å². The van der Waals surface area contributed by atoms with E-state index in [1.54, 1.807) is 7.11 Å². The molecular formula is C37H58O8Si. The largest absolute Gasteiger partial charge is 0.497 e. The first-order valence-electron chi connectivity index (χ1n) is 16.3. The topological polar surface area (TPSA) is 92.7 Å². The number of aliphatic hydroxyl groups is 1. The smallest absolute Gasteiger partial charge is 0.315 e. The minimum Gasteiger partial charge on any atom is -0.497 e. The zero-order chi connectivity index (χ0) is 34.2. The highest BCUT2D eigenvalue weighted by Crippen LogP contribution is 2.36. The molecule has 0 aliphatic rings. The Morgan fingerprint density at radius 3 is 2.20 bits per heavy atom. The summed E-state index contributed by atoms with van der Waals surface area (Å²) in [6.45, 7) is 18.0. The fourth-order valence-electron chi connectivity index (χ4n) is 4.31. The SMILES string of the molecule is COc1ccc(CO[C@H](C[C@H](CCCO)OC(=O)C(C)(C)/C=C/CO[Si](C)(C)C(C)(C)C)[C@@H](C)OCOCc2ccccc2)cc1. The summed E-state index contributed by atoms with van der Waals surface area (Å²) in [6, 6.07) is 17.6. The van der Waals surface area contributed by atoms with Gasteiger partial charge in [-0.15, -0.1) is 0 Å². The number of hydrogen-bond donors (Lipinski definition) is 1. The van der Waals surface area contributed by atoms with E-state index in [1.165, 1.54) is 0 Å². The second-order valence-electron chi connectivity index (χ2n) is 13.8. The van der Waals surface area contributed by atoms with Gasteiger partial charge in [0.1, 0.15) is 18.6 Å². The van der Waals surface area contributed by atoms with Crippen LogP contribution in [0.15, 0.2) is 66.7 Å². The summed E-state index contributed by atoms with van der Waals surface area (Å²) < 4.78 is 35.9. The first-order valence-corrected chi connectivity index (χ1v) is 19.2. The van der Waals surface area contributed by atoms with Crippen molar-refractivity contribution in [3.8, 4) is 5.75 Å². The number of rotatable bonds is 21. The first kappa shape index (κ1) is 39.6. The third-order valence-electron chi connectivity index (χ3n) is 8.53. The molecular weight excluding hydrogens is 600 g/mol. The van der Waals surface area contributed by atoms with Gasteiger partial charge in [-0.1, -0.05) is 75.4 Å². The number of esters is 1. The molecule has 0 saturated heterocycles. The predicted octanol–water partition coefficient (Wildman–Crippen LogP) is 7.84. The Bertz CT molecular complexity index is 1160. The van der Waals surface area contributed by atoms with Gasteiger partial charge in [0.15, 0.2) is 8.32 Å². The van der Waals surface area contributed by atoms with Gasteiger partial charge in [0, 0.05) is 13.0 Å². The van der Waals surface area contributed by atoms with Crippen LogP contribution in [0.2, 0.25) is 18.1 Å². The molecule has 0 fully saturated rings. The lowest BCUT2D eigenvalue weighted by atomic mass is 9.93. The van der Waals surface area contributed by atoms with Crippen molar-refractivity contribution < 1.29 is 38.0 Å². The van der Waals surface area contributed by atoms with Crippen LogP contribution in [-0.2, 0) is 41.4 Å². The normalized spacial score (nSPS) is 14.7. The van der Waals surface area contributed by atoms with Crippen LogP contribution >= 0.6 is 0 Å². The fourth-order valence-corrected chi connectivity index (χ4v) is 5.25. The zero-order valence-electron chi connectivity index (χ0n) is 29.5. The predicted molar refractivity (Wildman–Crippen MR) is 185 cm³/mol. The van der Waals surface area contributed by atoms with E-state index in [9.17, 15) is 9.90 Å². The number of carbonyl (C=O) groups excluding carboxylic acids is 1. The highest BCUT2D eigenvalue weighted by atomic mass is 28.4. The molecule has 0 bridgehead atoms. The van der Waals surface area contributed by atoms with Crippen molar-refractivity contribution >= 4 is 14.3 Å². The molecule has 3 atom stereocenters. The van der Waals surface area contributed by atoms with Crippen molar-refractivity contribution in [1.82, 2.24) is 0 Å². The minimum absolute atomic E-state index is 0.00110. The van der Waals surface area contributed by atoms with Crippen LogP contribution in [0.4, 0.5) is 0 Å². The zero-order valence-corrected chi connectivity index (χ0v) is 30.5. The van der Waals surface area contributed by atoms with Gasteiger partial charge >= 0.3 is 5.97 Å². The van der Waals surface area contributed by atoms with Gasteiger partial charge in [0.25, 0.3) is 0 Å². The van der Waals surface area contributed by atoms with Crippen molar-refractivity contribution in [2.24, 2.45) is 5.41 Å². The number of carbonyl (C=O) groups is 1. The van der Waals surface area contributed by atoms with E-state index in [-0.39, 0.29) is 30.5 Å². The maximum Gasteiger partial charge on any atom is 0.315 e. The van der Waals surface area contributed by atoms with Crippen LogP contribution in [-0.4, -0.2) is 64.8 Å². The standard InChI is InChI=1S/C37H58O8Si/c1-29(43-28-41-26-30-15-11-10-12-16-30)34(42-27-31-18-20-32(40-7)21-19-31)25-33(17-13-23-38)45-35(39)37(5,6)22-14-24-44-46(8,9)36(2,3)4/h10-12,14-16,18-22,29,33-34,38H,13,17,23-28H2,1-9H3/b22-14+/t29-,33+,34-/m1/s1. The van der Waals surface area contributed by atoms with Crippen LogP contribution in [0.5, 0.6) is 5.75 Å². The Morgan fingerprint density at radius 1 is 0.935 bits per heavy atom. The molecule has 0 aliphatic carbocycles. The van der Waals surface area contributed by atoms with E-state index in [2.05, 4.69) is 33.9 Å². The van der Waals surface area contributed by atoms with Crippen molar-refractivity contribution in [3.63, 3.8) is 0 Å². The highest BCUT2D eigenvalue weighted by Gasteiger charge is 2.37.